The van der Waals surface area contributed by atoms with Gasteiger partial charge in [-0.25, -0.2) is 0 Å². The van der Waals surface area contributed by atoms with Crippen LogP contribution in [0.3, 0.4) is 0 Å². The Bertz CT molecular complexity index is 739. The van der Waals surface area contributed by atoms with Gasteiger partial charge in [0.05, 0.1) is 5.57 Å². The zero-order valence-corrected chi connectivity index (χ0v) is 11.7. The minimum atomic E-state index is -0.390. The summed E-state index contributed by atoms with van der Waals surface area (Å²) in [5.74, 6) is -0.0159. The summed E-state index contributed by atoms with van der Waals surface area (Å²) in [5.41, 5.74) is 6.55. The Labute approximate surface area is 127 Å². The first-order valence-electron chi connectivity index (χ1n) is 6.82. The third kappa shape index (κ3) is 2.98. The molecule has 0 radical (unpaired) electrons. The van der Waals surface area contributed by atoms with Crippen LogP contribution in [0, 0.1) is 0 Å². The molecular formula is C17H14N2O3. The highest BCUT2D eigenvalue weighted by Gasteiger charge is 2.17. The standard InChI is InChI=1S/C17H14N2O3/c20-16(12-6-2-1-3-7-12)18-19-17(21)14-10-13-8-4-5-9-15(13)22-11-14/h1-10H,11H2,(H,18,20)(H,19,21). The lowest BCUT2D eigenvalue weighted by atomic mass is 10.1. The number of fused-ring (bicyclic) bond motifs is 1. The Hall–Kier alpha value is -3.08. The van der Waals surface area contributed by atoms with Crippen LogP contribution in [-0.2, 0) is 4.79 Å². The maximum absolute atomic E-state index is 12.1. The first-order valence-corrected chi connectivity index (χ1v) is 6.82. The summed E-state index contributed by atoms with van der Waals surface area (Å²) in [5, 5.41) is 0. The Morgan fingerprint density at radius 3 is 2.36 bits per heavy atom. The average molecular weight is 294 g/mol. The van der Waals surface area contributed by atoms with Crippen LogP contribution in [0.1, 0.15) is 15.9 Å². The van der Waals surface area contributed by atoms with Gasteiger partial charge in [0.25, 0.3) is 11.8 Å². The second-order valence-corrected chi connectivity index (χ2v) is 4.77. The third-order valence-corrected chi connectivity index (χ3v) is 3.25. The zero-order chi connectivity index (χ0) is 15.4. The van der Waals surface area contributed by atoms with Crippen LogP contribution in [0.25, 0.3) is 6.08 Å². The van der Waals surface area contributed by atoms with Crippen molar-refractivity contribution in [2.45, 2.75) is 0 Å². The SMILES string of the molecule is O=C(NNC(=O)c1ccccc1)C1=Cc2ccccc2OC1. The van der Waals surface area contributed by atoms with Gasteiger partial charge in [0, 0.05) is 11.1 Å². The molecule has 0 atom stereocenters. The summed E-state index contributed by atoms with van der Waals surface area (Å²) < 4.78 is 5.51. The van der Waals surface area contributed by atoms with E-state index in [0.717, 1.165) is 11.3 Å². The van der Waals surface area contributed by atoms with Crippen molar-refractivity contribution in [2.75, 3.05) is 6.61 Å². The highest BCUT2D eigenvalue weighted by Crippen LogP contribution is 2.25. The van der Waals surface area contributed by atoms with E-state index < -0.39 is 5.91 Å². The monoisotopic (exact) mass is 294 g/mol. The van der Waals surface area contributed by atoms with Gasteiger partial charge in [-0.15, -0.1) is 0 Å². The van der Waals surface area contributed by atoms with E-state index in [-0.39, 0.29) is 12.5 Å². The quantitative estimate of drug-likeness (QED) is 0.832. The van der Waals surface area contributed by atoms with E-state index in [9.17, 15) is 9.59 Å². The van der Waals surface area contributed by atoms with Crippen LogP contribution in [0.15, 0.2) is 60.2 Å². The molecule has 2 N–H and O–H groups in total. The van der Waals surface area contributed by atoms with Gasteiger partial charge in [-0.1, -0.05) is 36.4 Å². The fourth-order valence-corrected chi connectivity index (χ4v) is 2.10. The van der Waals surface area contributed by atoms with E-state index in [1.807, 2.05) is 30.3 Å². The number of amides is 2. The molecule has 5 nitrogen and oxygen atoms in total. The van der Waals surface area contributed by atoms with E-state index in [2.05, 4.69) is 10.9 Å². The van der Waals surface area contributed by atoms with E-state index in [4.69, 9.17) is 4.74 Å². The summed E-state index contributed by atoms with van der Waals surface area (Å²) in [6.07, 6.45) is 1.75. The van der Waals surface area contributed by atoms with Crippen molar-refractivity contribution in [3.8, 4) is 5.75 Å². The summed E-state index contributed by atoms with van der Waals surface area (Å²) in [6, 6.07) is 16.1. The van der Waals surface area contributed by atoms with Gasteiger partial charge < -0.3 is 4.74 Å². The number of hydrazine groups is 1. The minimum Gasteiger partial charge on any atom is -0.488 e. The highest BCUT2D eigenvalue weighted by molar-refractivity contribution is 6.01. The number of para-hydroxylation sites is 1. The molecule has 2 aromatic rings. The fraction of sp³-hybridized carbons (Fsp3) is 0.0588. The molecule has 0 unspecified atom stereocenters. The summed E-state index contributed by atoms with van der Waals surface area (Å²) >= 11 is 0. The maximum Gasteiger partial charge on any atom is 0.269 e. The minimum absolute atomic E-state index is 0.171. The largest absolute Gasteiger partial charge is 0.488 e. The number of ether oxygens (including phenoxy) is 1. The molecule has 0 aromatic heterocycles. The van der Waals surface area contributed by atoms with Crippen molar-refractivity contribution in [1.29, 1.82) is 0 Å². The molecule has 1 aliphatic rings. The molecule has 2 amide bonds. The van der Waals surface area contributed by atoms with Gasteiger partial charge in [0.1, 0.15) is 12.4 Å². The molecule has 2 aromatic carbocycles. The first-order chi connectivity index (χ1) is 10.7. The zero-order valence-electron chi connectivity index (χ0n) is 11.7. The van der Waals surface area contributed by atoms with Gasteiger partial charge in [0.2, 0.25) is 0 Å². The lowest BCUT2D eigenvalue weighted by molar-refractivity contribution is -0.118. The van der Waals surface area contributed by atoms with Crippen molar-refractivity contribution < 1.29 is 14.3 Å². The lowest BCUT2D eigenvalue weighted by Crippen LogP contribution is -2.43. The van der Waals surface area contributed by atoms with Crippen LogP contribution in [0.2, 0.25) is 0 Å². The van der Waals surface area contributed by atoms with Crippen LogP contribution < -0.4 is 15.6 Å². The first kappa shape index (κ1) is 13.9. The maximum atomic E-state index is 12.1. The number of benzene rings is 2. The van der Waals surface area contributed by atoms with Crippen LogP contribution in [0.4, 0.5) is 0 Å². The molecule has 22 heavy (non-hydrogen) atoms. The highest BCUT2D eigenvalue weighted by atomic mass is 16.5. The Balaban J connectivity index is 1.64. The molecule has 0 fully saturated rings. The summed E-state index contributed by atoms with van der Waals surface area (Å²) in [4.78, 5) is 23.9. The van der Waals surface area contributed by atoms with Gasteiger partial charge in [-0.2, -0.15) is 0 Å². The summed E-state index contributed by atoms with van der Waals surface area (Å²) in [6.45, 7) is 0.171. The molecule has 0 bridgehead atoms. The number of rotatable bonds is 2. The average Bonchev–Trinajstić information content (AvgIpc) is 2.59. The molecule has 1 aliphatic heterocycles. The van der Waals surface area contributed by atoms with E-state index in [0.29, 0.717) is 11.1 Å². The predicted molar refractivity (Wildman–Crippen MR) is 82.0 cm³/mol. The molecule has 5 heteroatoms. The van der Waals surface area contributed by atoms with Crippen LogP contribution >= 0.6 is 0 Å². The van der Waals surface area contributed by atoms with Gasteiger partial charge >= 0.3 is 0 Å². The van der Waals surface area contributed by atoms with E-state index in [1.54, 1.807) is 30.3 Å². The molecule has 0 saturated heterocycles. The third-order valence-electron chi connectivity index (χ3n) is 3.25. The molecule has 0 spiro atoms. The normalized spacial score (nSPS) is 12.5. The molecule has 0 saturated carbocycles. The second-order valence-electron chi connectivity index (χ2n) is 4.77. The molecular weight excluding hydrogens is 280 g/mol. The Kier molecular flexibility index (Phi) is 3.87. The number of hydrogen-bond acceptors (Lipinski definition) is 3. The smallest absolute Gasteiger partial charge is 0.269 e. The number of nitrogens with one attached hydrogen (secondary N) is 2. The van der Waals surface area contributed by atoms with Crippen molar-refractivity contribution in [3.63, 3.8) is 0 Å². The van der Waals surface area contributed by atoms with Crippen LogP contribution in [0.5, 0.6) is 5.75 Å². The molecule has 3 rings (SSSR count). The molecule has 110 valence electrons. The number of hydrogen-bond donors (Lipinski definition) is 2. The summed E-state index contributed by atoms with van der Waals surface area (Å²) in [7, 11) is 0. The Morgan fingerprint density at radius 1 is 0.864 bits per heavy atom. The second kappa shape index (κ2) is 6.13. The van der Waals surface area contributed by atoms with Gasteiger partial charge in [-0.3, -0.25) is 20.4 Å². The number of carbonyl (C=O) groups excluding carboxylic acids is 2. The molecule has 1 heterocycles. The van der Waals surface area contributed by atoms with Gasteiger partial charge in [-0.05, 0) is 24.3 Å². The van der Waals surface area contributed by atoms with Crippen molar-refractivity contribution in [1.82, 2.24) is 10.9 Å². The van der Waals surface area contributed by atoms with Gasteiger partial charge in [0.15, 0.2) is 0 Å². The number of carbonyl (C=O) groups is 2. The van der Waals surface area contributed by atoms with E-state index in [1.165, 1.54) is 0 Å². The van der Waals surface area contributed by atoms with Crippen molar-refractivity contribution in [3.05, 3.63) is 71.3 Å². The van der Waals surface area contributed by atoms with Crippen molar-refractivity contribution in [2.24, 2.45) is 0 Å². The van der Waals surface area contributed by atoms with Crippen LogP contribution in [-0.4, -0.2) is 18.4 Å². The molecule has 0 aliphatic carbocycles. The van der Waals surface area contributed by atoms with E-state index >= 15 is 0 Å². The topological polar surface area (TPSA) is 67.4 Å². The predicted octanol–water partition coefficient (Wildman–Crippen LogP) is 1.92. The Morgan fingerprint density at radius 2 is 1.55 bits per heavy atom. The fourth-order valence-electron chi connectivity index (χ4n) is 2.10. The lowest BCUT2D eigenvalue weighted by Gasteiger charge is -2.17. The van der Waals surface area contributed by atoms with Crippen molar-refractivity contribution >= 4 is 17.9 Å².